The van der Waals surface area contributed by atoms with Gasteiger partial charge in [0, 0.05) is 23.6 Å². The van der Waals surface area contributed by atoms with Crippen molar-refractivity contribution in [3.8, 4) is 29.6 Å². The average molecular weight is 435 g/mol. The molecule has 3 N–H and O–H groups in total. The number of aliphatic hydroxyl groups is 1. The lowest BCUT2D eigenvalue weighted by molar-refractivity contribution is -0.109. The van der Waals surface area contributed by atoms with Crippen LogP contribution in [0.4, 0.5) is 11.5 Å². The van der Waals surface area contributed by atoms with Crippen LogP contribution in [0.5, 0.6) is 17.2 Å². The molecule has 0 aliphatic heterocycles. The Balaban J connectivity index is 1.78. The van der Waals surface area contributed by atoms with Crippen LogP contribution in [0.25, 0.3) is 10.9 Å². The number of terminal acetylenes is 1. The number of carbonyl (C=O) groups is 1. The highest BCUT2D eigenvalue weighted by molar-refractivity contribution is 5.93. The number of unbranched alkanes of at least 4 members (excludes halogenated alkanes) is 1. The van der Waals surface area contributed by atoms with Crippen molar-refractivity contribution in [3.05, 3.63) is 42.2 Å². The second-order valence-corrected chi connectivity index (χ2v) is 7.14. The van der Waals surface area contributed by atoms with Crippen LogP contribution >= 0.6 is 0 Å². The minimum atomic E-state index is -0.608. The Bertz CT molecular complexity index is 1130. The van der Waals surface area contributed by atoms with Crippen molar-refractivity contribution in [1.29, 1.82) is 0 Å². The topological polar surface area (TPSA) is 114 Å². The van der Waals surface area contributed by atoms with Crippen molar-refractivity contribution < 1.29 is 24.5 Å². The van der Waals surface area contributed by atoms with E-state index in [1.165, 1.54) is 12.4 Å². The third-order valence-corrected chi connectivity index (χ3v) is 4.89. The predicted octanol–water partition coefficient (Wildman–Crippen LogP) is 3.57. The number of nitrogens with one attached hydrogen (secondary N) is 1. The van der Waals surface area contributed by atoms with Crippen LogP contribution in [0.1, 0.15) is 31.2 Å². The molecule has 1 atom stereocenters. The monoisotopic (exact) mass is 435 g/mol. The van der Waals surface area contributed by atoms with Crippen molar-refractivity contribution in [2.75, 3.05) is 19.0 Å². The van der Waals surface area contributed by atoms with E-state index in [0.29, 0.717) is 47.1 Å². The fourth-order valence-electron chi connectivity index (χ4n) is 3.20. The van der Waals surface area contributed by atoms with Gasteiger partial charge in [0.25, 0.3) is 0 Å². The molecular formula is C24H25N3O5. The first-order chi connectivity index (χ1) is 15.5. The summed E-state index contributed by atoms with van der Waals surface area (Å²) in [4.78, 5) is 19.1. The van der Waals surface area contributed by atoms with Gasteiger partial charge in [-0.05, 0) is 43.5 Å². The van der Waals surface area contributed by atoms with E-state index in [4.69, 9.17) is 15.9 Å². The number of carbonyl (C=O) groups excluding carboxylic acids is 1. The summed E-state index contributed by atoms with van der Waals surface area (Å²) in [5.74, 6) is 4.11. The van der Waals surface area contributed by atoms with Crippen LogP contribution in [-0.2, 0) is 4.79 Å². The number of fused-ring (bicyclic) bond motifs is 1. The molecule has 0 radical (unpaired) electrons. The second kappa shape index (κ2) is 11.0. The largest absolute Gasteiger partial charge is 0.507 e. The van der Waals surface area contributed by atoms with Crippen LogP contribution in [0.2, 0.25) is 0 Å². The van der Waals surface area contributed by atoms with Crippen LogP contribution in [0.3, 0.4) is 0 Å². The first-order valence-electron chi connectivity index (χ1n) is 10.2. The molecule has 166 valence electrons. The molecule has 1 heterocycles. The molecule has 32 heavy (non-hydrogen) atoms. The minimum absolute atomic E-state index is 0.0321. The number of benzene rings is 2. The molecular weight excluding hydrogens is 410 g/mol. The number of aldehydes is 1. The van der Waals surface area contributed by atoms with Gasteiger partial charge in [-0.15, -0.1) is 6.42 Å². The number of phenolic OH excluding ortho intramolecular Hbond substituents is 1. The number of ether oxygens (including phenoxy) is 2. The van der Waals surface area contributed by atoms with Crippen LogP contribution in [0.15, 0.2) is 36.7 Å². The van der Waals surface area contributed by atoms with Crippen molar-refractivity contribution >= 4 is 28.7 Å². The van der Waals surface area contributed by atoms with Crippen molar-refractivity contribution in [2.24, 2.45) is 0 Å². The lowest BCUT2D eigenvalue weighted by Gasteiger charge is -2.14. The van der Waals surface area contributed by atoms with Crippen molar-refractivity contribution in [1.82, 2.24) is 9.97 Å². The number of nitrogens with zero attached hydrogens (tertiary/aromatic N) is 2. The van der Waals surface area contributed by atoms with Gasteiger partial charge in [0.2, 0.25) is 0 Å². The zero-order valence-electron chi connectivity index (χ0n) is 17.7. The Morgan fingerprint density at radius 2 is 2.06 bits per heavy atom. The summed E-state index contributed by atoms with van der Waals surface area (Å²) >= 11 is 0. The third kappa shape index (κ3) is 5.65. The van der Waals surface area contributed by atoms with Gasteiger partial charge in [-0.25, -0.2) is 9.97 Å². The fourth-order valence-corrected chi connectivity index (χ4v) is 3.20. The van der Waals surface area contributed by atoms with Gasteiger partial charge >= 0.3 is 0 Å². The number of aromatic hydroxyl groups is 1. The van der Waals surface area contributed by atoms with Gasteiger partial charge in [0.15, 0.2) is 11.5 Å². The quantitative estimate of drug-likeness (QED) is 0.181. The zero-order chi connectivity index (χ0) is 22.9. The summed E-state index contributed by atoms with van der Waals surface area (Å²) in [7, 11) is 1.56. The summed E-state index contributed by atoms with van der Waals surface area (Å²) in [6, 6.07) is 8.45. The average Bonchev–Trinajstić information content (AvgIpc) is 2.80. The van der Waals surface area contributed by atoms with E-state index < -0.39 is 6.10 Å². The van der Waals surface area contributed by atoms with E-state index in [1.54, 1.807) is 31.4 Å². The summed E-state index contributed by atoms with van der Waals surface area (Å²) in [5.41, 5.74) is 1.71. The van der Waals surface area contributed by atoms with E-state index in [0.717, 1.165) is 24.5 Å². The lowest BCUT2D eigenvalue weighted by Crippen LogP contribution is -2.08. The Morgan fingerprint density at radius 3 is 2.81 bits per heavy atom. The molecule has 0 fully saturated rings. The standard InChI is InChI=1S/C24H25N3O5/c1-3-16-12-17(7-8-21(16)30)27-24-19-13-23(22(31-2)14-20(19)25-15-26-24)32-11-5-4-6-18(29)9-10-28/h1,7-8,10,12-15,18,29-30H,4-6,9,11H2,2H3,(H,25,26,27). The van der Waals surface area contributed by atoms with E-state index in [2.05, 4.69) is 21.2 Å². The minimum Gasteiger partial charge on any atom is -0.507 e. The Labute approximate surface area is 186 Å². The van der Waals surface area contributed by atoms with E-state index in [1.807, 2.05) is 0 Å². The van der Waals surface area contributed by atoms with Crippen LogP contribution < -0.4 is 14.8 Å². The van der Waals surface area contributed by atoms with Crippen molar-refractivity contribution in [3.63, 3.8) is 0 Å². The molecule has 0 spiro atoms. The summed E-state index contributed by atoms with van der Waals surface area (Å²) in [6.07, 6.45) is 9.14. The van der Waals surface area contributed by atoms with Crippen molar-refractivity contribution in [2.45, 2.75) is 31.8 Å². The van der Waals surface area contributed by atoms with Crippen LogP contribution in [0, 0.1) is 12.3 Å². The maximum absolute atomic E-state index is 10.4. The molecule has 0 saturated heterocycles. The number of anilines is 2. The zero-order valence-corrected chi connectivity index (χ0v) is 17.7. The van der Waals surface area contributed by atoms with E-state index >= 15 is 0 Å². The molecule has 0 bridgehead atoms. The molecule has 1 unspecified atom stereocenters. The molecule has 0 aliphatic rings. The van der Waals surface area contributed by atoms with E-state index in [9.17, 15) is 15.0 Å². The Hall–Kier alpha value is -3.83. The van der Waals surface area contributed by atoms with E-state index in [-0.39, 0.29) is 12.2 Å². The van der Waals surface area contributed by atoms with Gasteiger partial charge in [-0.3, -0.25) is 0 Å². The molecule has 2 aromatic carbocycles. The first kappa shape index (κ1) is 22.8. The number of aromatic nitrogens is 2. The van der Waals surface area contributed by atoms with Gasteiger partial charge in [-0.2, -0.15) is 0 Å². The highest BCUT2D eigenvalue weighted by Crippen LogP contribution is 2.35. The molecule has 3 rings (SSSR count). The maximum atomic E-state index is 10.4. The molecule has 1 aromatic heterocycles. The number of phenols is 1. The SMILES string of the molecule is C#Cc1cc(Nc2ncnc3cc(OC)c(OCCCCC(O)CC=O)cc23)ccc1O. The second-order valence-electron chi connectivity index (χ2n) is 7.14. The summed E-state index contributed by atoms with van der Waals surface area (Å²) in [6.45, 7) is 0.426. The van der Waals surface area contributed by atoms with Gasteiger partial charge in [0.05, 0.1) is 30.9 Å². The summed E-state index contributed by atoms with van der Waals surface area (Å²) < 4.78 is 11.4. The molecule has 0 amide bonds. The molecule has 3 aromatic rings. The fraction of sp³-hybridized carbons (Fsp3) is 0.292. The summed E-state index contributed by atoms with van der Waals surface area (Å²) in [5, 5.41) is 23.3. The predicted molar refractivity (Wildman–Crippen MR) is 121 cm³/mol. The highest BCUT2D eigenvalue weighted by atomic mass is 16.5. The number of methoxy groups -OCH3 is 1. The number of aliphatic hydroxyl groups excluding tert-OH is 1. The van der Waals surface area contributed by atoms with Gasteiger partial charge in [-0.1, -0.05) is 5.92 Å². The van der Waals surface area contributed by atoms with Gasteiger partial charge in [0.1, 0.15) is 24.2 Å². The lowest BCUT2D eigenvalue weighted by atomic mass is 10.1. The highest BCUT2D eigenvalue weighted by Gasteiger charge is 2.13. The van der Waals surface area contributed by atoms with Gasteiger partial charge < -0.3 is 29.8 Å². The number of hydrogen-bond donors (Lipinski definition) is 3. The number of rotatable bonds is 11. The van der Waals surface area contributed by atoms with Crippen LogP contribution in [-0.4, -0.2) is 46.3 Å². The molecule has 0 aliphatic carbocycles. The molecule has 0 saturated carbocycles. The smallest absolute Gasteiger partial charge is 0.162 e. The molecule has 8 nitrogen and oxygen atoms in total. The first-order valence-corrected chi connectivity index (χ1v) is 10.2. The third-order valence-electron chi connectivity index (χ3n) is 4.89. The Kier molecular flexibility index (Phi) is 7.84. The maximum Gasteiger partial charge on any atom is 0.162 e. The molecule has 8 heteroatoms. The Morgan fingerprint density at radius 1 is 1.22 bits per heavy atom. The normalized spacial score (nSPS) is 11.5. The number of hydrogen-bond acceptors (Lipinski definition) is 8.